The van der Waals surface area contributed by atoms with Crippen LogP contribution in [0.25, 0.3) is 10.9 Å². The van der Waals surface area contributed by atoms with Crippen LogP contribution in [0.15, 0.2) is 66.2 Å². The van der Waals surface area contributed by atoms with Crippen LogP contribution in [0.4, 0.5) is 0 Å². The highest BCUT2D eigenvalue weighted by atomic mass is 32.2. The van der Waals surface area contributed by atoms with Gasteiger partial charge in [0.05, 0.1) is 16.6 Å². The Hall–Kier alpha value is -2.97. The van der Waals surface area contributed by atoms with Crippen molar-refractivity contribution in [2.75, 3.05) is 13.1 Å². The average molecular weight is 384 g/mol. The molecule has 1 aromatic heterocycles. The number of carbonyl (C=O) groups excluding carboxylic acids is 1. The van der Waals surface area contributed by atoms with E-state index in [0.717, 1.165) is 16.5 Å². The second kappa shape index (κ2) is 8.15. The Labute approximate surface area is 157 Å². The van der Waals surface area contributed by atoms with E-state index in [9.17, 15) is 13.2 Å². The van der Waals surface area contributed by atoms with Crippen LogP contribution >= 0.6 is 0 Å². The van der Waals surface area contributed by atoms with Crippen molar-refractivity contribution in [2.24, 2.45) is 0 Å². The zero-order chi connectivity index (χ0) is 19.3. The zero-order valence-corrected chi connectivity index (χ0v) is 15.4. The van der Waals surface area contributed by atoms with Crippen molar-refractivity contribution in [3.63, 3.8) is 0 Å². The van der Waals surface area contributed by atoms with Gasteiger partial charge < -0.3 is 5.32 Å². The standard InChI is InChI=1S/C19H20N4O3S/c1-2-9-22-27(25,26)17-5-3-4-15(12-17)19(24)20-10-8-14-6-7-18-16(11-14)13-21-23-18/h2-7,11-13,22H,1,8-10H2,(H,20,24)(H,21,23). The lowest BCUT2D eigenvalue weighted by Crippen LogP contribution is -2.27. The zero-order valence-electron chi connectivity index (χ0n) is 14.6. The van der Waals surface area contributed by atoms with Crippen molar-refractivity contribution in [3.8, 4) is 0 Å². The van der Waals surface area contributed by atoms with Crippen LogP contribution in [0.5, 0.6) is 0 Å². The molecule has 3 aromatic rings. The molecule has 3 rings (SSSR count). The number of fused-ring (bicyclic) bond motifs is 1. The molecular weight excluding hydrogens is 364 g/mol. The Kier molecular flexibility index (Phi) is 5.68. The number of aromatic nitrogens is 2. The van der Waals surface area contributed by atoms with E-state index in [1.54, 1.807) is 18.3 Å². The second-order valence-corrected chi connectivity index (χ2v) is 7.73. The van der Waals surface area contributed by atoms with E-state index in [2.05, 4.69) is 26.8 Å². The molecule has 0 bridgehead atoms. The first-order chi connectivity index (χ1) is 13.0. The van der Waals surface area contributed by atoms with Crippen molar-refractivity contribution in [2.45, 2.75) is 11.3 Å². The lowest BCUT2D eigenvalue weighted by molar-refractivity contribution is 0.0954. The molecule has 0 spiro atoms. The van der Waals surface area contributed by atoms with Crippen molar-refractivity contribution >= 4 is 26.8 Å². The quantitative estimate of drug-likeness (QED) is 0.517. The van der Waals surface area contributed by atoms with E-state index in [-0.39, 0.29) is 17.3 Å². The minimum absolute atomic E-state index is 0.0439. The van der Waals surface area contributed by atoms with Crippen LogP contribution in [0.3, 0.4) is 0 Å². The third-order valence-corrected chi connectivity index (χ3v) is 5.45. The van der Waals surface area contributed by atoms with E-state index >= 15 is 0 Å². The summed E-state index contributed by atoms with van der Waals surface area (Å²) in [7, 11) is -3.67. The molecule has 0 aliphatic carbocycles. The van der Waals surface area contributed by atoms with Gasteiger partial charge in [-0.3, -0.25) is 9.89 Å². The number of nitrogens with zero attached hydrogens (tertiary/aromatic N) is 1. The van der Waals surface area contributed by atoms with Crippen molar-refractivity contribution < 1.29 is 13.2 Å². The van der Waals surface area contributed by atoms with Gasteiger partial charge in [-0.05, 0) is 42.3 Å². The van der Waals surface area contributed by atoms with Gasteiger partial charge in [-0.1, -0.05) is 18.2 Å². The first-order valence-corrected chi connectivity index (χ1v) is 9.89. The van der Waals surface area contributed by atoms with E-state index in [4.69, 9.17) is 0 Å². The maximum absolute atomic E-state index is 12.3. The number of carbonyl (C=O) groups is 1. The molecule has 0 radical (unpaired) electrons. The average Bonchev–Trinajstić information content (AvgIpc) is 3.14. The van der Waals surface area contributed by atoms with Gasteiger partial charge in [0.2, 0.25) is 10.0 Å². The predicted octanol–water partition coefficient (Wildman–Crippen LogP) is 2.00. The normalized spacial score (nSPS) is 11.4. The van der Waals surface area contributed by atoms with Crippen LogP contribution in [0.2, 0.25) is 0 Å². The molecule has 2 aromatic carbocycles. The van der Waals surface area contributed by atoms with Crippen molar-refractivity contribution in [1.82, 2.24) is 20.2 Å². The molecule has 0 fully saturated rings. The maximum Gasteiger partial charge on any atom is 0.251 e. The SMILES string of the molecule is C=CCNS(=O)(=O)c1cccc(C(=O)NCCc2ccc3[nH]ncc3c2)c1. The summed E-state index contributed by atoms with van der Waals surface area (Å²) in [6.45, 7) is 4.04. The van der Waals surface area contributed by atoms with Gasteiger partial charge in [-0.15, -0.1) is 6.58 Å². The summed E-state index contributed by atoms with van der Waals surface area (Å²) in [5.41, 5.74) is 2.33. The summed E-state index contributed by atoms with van der Waals surface area (Å²) in [6, 6.07) is 11.9. The highest BCUT2D eigenvalue weighted by Gasteiger charge is 2.15. The van der Waals surface area contributed by atoms with Crippen LogP contribution in [-0.2, 0) is 16.4 Å². The fraction of sp³-hybridized carbons (Fsp3) is 0.158. The van der Waals surface area contributed by atoms with Gasteiger partial charge in [0.15, 0.2) is 0 Å². The predicted molar refractivity (Wildman–Crippen MR) is 104 cm³/mol. The fourth-order valence-corrected chi connectivity index (χ4v) is 3.67. The molecule has 0 aliphatic heterocycles. The molecule has 0 aliphatic rings. The number of amides is 1. The van der Waals surface area contributed by atoms with E-state index in [1.165, 1.54) is 18.2 Å². The Bertz CT molecular complexity index is 1070. The van der Waals surface area contributed by atoms with Gasteiger partial charge in [0.1, 0.15) is 0 Å². The number of sulfonamides is 1. The molecule has 0 unspecified atom stereocenters. The molecule has 3 N–H and O–H groups in total. The Morgan fingerprint density at radius 2 is 2.07 bits per heavy atom. The van der Waals surface area contributed by atoms with Crippen LogP contribution < -0.4 is 10.0 Å². The molecular formula is C19H20N4O3S. The largest absolute Gasteiger partial charge is 0.352 e. The summed E-state index contributed by atoms with van der Waals surface area (Å²) >= 11 is 0. The van der Waals surface area contributed by atoms with Gasteiger partial charge >= 0.3 is 0 Å². The summed E-state index contributed by atoms with van der Waals surface area (Å²) in [5.74, 6) is -0.319. The van der Waals surface area contributed by atoms with Crippen LogP contribution in [0, 0.1) is 0 Å². The van der Waals surface area contributed by atoms with Crippen molar-refractivity contribution in [3.05, 3.63) is 72.4 Å². The van der Waals surface area contributed by atoms with Gasteiger partial charge in [0.25, 0.3) is 5.91 Å². The highest BCUT2D eigenvalue weighted by Crippen LogP contribution is 2.14. The third-order valence-electron chi connectivity index (χ3n) is 4.03. The van der Waals surface area contributed by atoms with E-state index in [0.29, 0.717) is 18.5 Å². The van der Waals surface area contributed by atoms with Crippen molar-refractivity contribution in [1.29, 1.82) is 0 Å². The fourth-order valence-electron chi connectivity index (χ4n) is 2.63. The Morgan fingerprint density at radius 3 is 2.89 bits per heavy atom. The first-order valence-electron chi connectivity index (χ1n) is 8.40. The number of aromatic amines is 1. The monoisotopic (exact) mass is 384 g/mol. The molecule has 8 heteroatoms. The maximum atomic E-state index is 12.3. The summed E-state index contributed by atoms with van der Waals surface area (Å²) < 4.78 is 26.7. The number of hydrogen-bond acceptors (Lipinski definition) is 4. The number of hydrogen-bond donors (Lipinski definition) is 3. The number of nitrogens with one attached hydrogen (secondary N) is 3. The topological polar surface area (TPSA) is 104 Å². The van der Waals surface area contributed by atoms with E-state index < -0.39 is 10.0 Å². The minimum atomic E-state index is -3.67. The third kappa shape index (κ3) is 4.60. The molecule has 0 saturated carbocycles. The Morgan fingerprint density at radius 1 is 1.22 bits per heavy atom. The minimum Gasteiger partial charge on any atom is -0.352 e. The van der Waals surface area contributed by atoms with Gasteiger partial charge in [-0.25, -0.2) is 13.1 Å². The molecule has 1 amide bonds. The lowest BCUT2D eigenvalue weighted by Gasteiger charge is -2.08. The molecule has 0 atom stereocenters. The highest BCUT2D eigenvalue weighted by molar-refractivity contribution is 7.89. The molecule has 7 nitrogen and oxygen atoms in total. The van der Waals surface area contributed by atoms with E-state index in [1.807, 2.05) is 18.2 Å². The number of H-pyrrole nitrogens is 1. The number of rotatable bonds is 8. The molecule has 1 heterocycles. The first kappa shape index (κ1) is 18.8. The smallest absolute Gasteiger partial charge is 0.251 e. The summed E-state index contributed by atoms with van der Waals surface area (Å²) in [6.07, 6.45) is 3.87. The van der Waals surface area contributed by atoms with Crippen LogP contribution in [0.1, 0.15) is 15.9 Å². The van der Waals surface area contributed by atoms with Crippen LogP contribution in [-0.4, -0.2) is 37.6 Å². The molecule has 0 saturated heterocycles. The van der Waals surface area contributed by atoms with Gasteiger partial charge in [-0.2, -0.15) is 5.10 Å². The van der Waals surface area contributed by atoms with Gasteiger partial charge in [0, 0.05) is 24.0 Å². The number of benzene rings is 2. The Balaban J connectivity index is 1.62. The summed E-state index contributed by atoms with van der Waals surface area (Å²) in [4.78, 5) is 12.4. The second-order valence-electron chi connectivity index (χ2n) is 5.97. The summed E-state index contributed by atoms with van der Waals surface area (Å²) in [5, 5.41) is 10.7. The molecule has 27 heavy (non-hydrogen) atoms. The molecule has 140 valence electrons. The lowest BCUT2D eigenvalue weighted by atomic mass is 10.1.